The van der Waals surface area contributed by atoms with E-state index in [1.807, 2.05) is 31.2 Å². The molecule has 0 spiro atoms. The van der Waals surface area contributed by atoms with Crippen LogP contribution in [-0.2, 0) is 17.8 Å². The molecule has 2 aromatic carbocycles. The van der Waals surface area contributed by atoms with Gasteiger partial charge in [0.05, 0.1) is 13.7 Å². The summed E-state index contributed by atoms with van der Waals surface area (Å²) in [5.41, 5.74) is 1.63. The summed E-state index contributed by atoms with van der Waals surface area (Å²) in [5.74, 6) is 1.08. The first-order valence-electron chi connectivity index (χ1n) is 9.83. The molecule has 0 aliphatic rings. The van der Waals surface area contributed by atoms with E-state index in [1.54, 1.807) is 31.4 Å². The minimum absolute atomic E-state index is 0.0895. The summed E-state index contributed by atoms with van der Waals surface area (Å²) >= 11 is 1.18. The predicted octanol–water partition coefficient (Wildman–Crippen LogP) is 3.45. The number of hydrogen-bond donors (Lipinski definition) is 2. The number of rotatable bonds is 10. The molecule has 3 aromatic rings. The molecule has 0 aliphatic carbocycles. The van der Waals surface area contributed by atoms with Gasteiger partial charge in [0.25, 0.3) is 5.91 Å². The summed E-state index contributed by atoms with van der Waals surface area (Å²) in [6.07, 6.45) is 0.689. The Kier molecular flexibility index (Phi) is 7.94. The van der Waals surface area contributed by atoms with Crippen LogP contribution in [0.25, 0.3) is 0 Å². The Balaban J connectivity index is 1.43. The molecule has 1 heterocycles. The number of nitrogens with one attached hydrogen (secondary N) is 2. The first-order chi connectivity index (χ1) is 15.1. The lowest BCUT2D eigenvalue weighted by molar-refractivity contribution is -0.121. The lowest BCUT2D eigenvalue weighted by Gasteiger charge is -2.06. The minimum Gasteiger partial charge on any atom is -0.497 e. The second-order valence-corrected chi connectivity index (χ2v) is 7.60. The highest BCUT2D eigenvalue weighted by Crippen LogP contribution is 2.18. The molecule has 2 N–H and O–H groups in total. The average molecular weight is 441 g/mol. The van der Waals surface area contributed by atoms with Crippen LogP contribution in [0.5, 0.6) is 11.5 Å². The van der Waals surface area contributed by atoms with Crippen LogP contribution in [0, 0.1) is 0 Å². The Labute approximate surface area is 184 Å². The van der Waals surface area contributed by atoms with Gasteiger partial charge in [-0.2, -0.15) is 0 Å². The van der Waals surface area contributed by atoms with E-state index in [9.17, 15) is 9.59 Å². The van der Waals surface area contributed by atoms with Gasteiger partial charge in [-0.3, -0.25) is 9.59 Å². The van der Waals surface area contributed by atoms with Crippen LogP contribution >= 0.6 is 11.3 Å². The van der Waals surface area contributed by atoms with Gasteiger partial charge in [0.15, 0.2) is 0 Å². The number of nitrogens with zero attached hydrogens (tertiary/aromatic N) is 2. The van der Waals surface area contributed by atoms with E-state index in [0.29, 0.717) is 36.0 Å². The summed E-state index contributed by atoms with van der Waals surface area (Å²) < 4.78 is 10.5. The number of ether oxygens (including phenoxy) is 2. The third kappa shape index (κ3) is 6.78. The quantitative estimate of drug-likeness (QED) is 0.501. The van der Waals surface area contributed by atoms with Crippen LogP contribution in [0.3, 0.4) is 0 Å². The number of amides is 2. The smallest absolute Gasteiger partial charge is 0.286 e. The van der Waals surface area contributed by atoms with Crippen LogP contribution in [0.2, 0.25) is 0 Å². The van der Waals surface area contributed by atoms with Crippen molar-refractivity contribution in [2.24, 2.45) is 0 Å². The highest BCUT2D eigenvalue weighted by molar-refractivity contribution is 7.13. The fourth-order valence-corrected chi connectivity index (χ4v) is 3.42. The van der Waals surface area contributed by atoms with Crippen molar-refractivity contribution in [2.75, 3.05) is 19.0 Å². The molecule has 31 heavy (non-hydrogen) atoms. The summed E-state index contributed by atoms with van der Waals surface area (Å²) in [7, 11) is 1.58. The molecule has 162 valence electrons. The van der Waals surface area contributed by atoms with Crippen molar-refractivity contribution in [2.45, 2.75) is 26.3 Å². The molecule has 0 aliphatic heterocycles. The van der Waals surface area contributed by atoms with E-state index in [0.717, 1.165) is 11.3 Å². The third-order valence-corrected chi connectivity index (χ3v) is 5.28. The number of carbonyl (C=O) groups is 2. The van der Waals surface area contributed by atoms with Crippen LogP contribution in [0.4, 0.5) is 5.69 Å². The maximum absolute atomic E-state index is 12.3. The third-order valence-electron chi connectivity index (χ3n) is 4.30. The average Bonchev–Trinajstić information content (AvgIpc) is 3.27. The summed E-state index contributed by atoms with van der Waals surface area (Å²) in [6, 6.07) is 14.6. The molecular formula is C22H24N4O4S. The van der Waals surface area contributed by atoms with E-state index < -0.39 is 0 Å². The van der Waals surface area contributed by atoms with Gasteiger partial charge in [-0.1, -0.05) is 23.5 Å². The Bertz CT molecular complexity index is 1000. The maximum Gasteiger partial charge on any atom is 0.286 e. The molecule has 8 nitrogen and oxygen atoms in total. The Morgan fingerprint density at radius 1 is 1.00 bits per heavy atom. The van der Waals surface area contributed by atoms with Crippen molar-refractivity contribution in [1.82, 2.24) is 15.5 Å². The van der Waals surface area contributed by atoms with E-state index in [4.69, 9.17) is 9.47 Å². The number of benzene rings is 2. The largest absolute Gasteiger partial charge is 0.497 e. The summed E-state index contributed by atoms with van der Waals surface area (Å²) in [4.78, 5) is 24.4. The van der Waals surface area contributed by atoms with Gasteiger partial charge in [0, 0.05) is 25.1 Å². The van der Waals surface area contributed by atoms with Crippen molar-refractivity contribution in [3.05, 3.63) is 64.1 Å². The SMILES string of the molecule is CCOc1ccc(CNC(=O)CCc2nnc(C(=O)Nc3ccc(OC)cc3)s2)cc1. The predicted molar refractivity (Wildman–Crippen MR) is 119 cm³/mol. The maximum atomic E-state index is 12.3. The molecule has 0 saturated heterocycles. The molecule has 1 aromatic heterocycles. The molecule has 0 unspecified atom stereocenters. The van der Waals surface area contributed by atoms with Crippen molar-refractivity contribution in [1.29, 1.82) is 0 Å². The molecule has 3 rings (SSSR count). The first-order valence-corrected chi connectivity index (χ1v) is 10.6. The lowest BCUT2D eigenvalue weighted by atomic mass is 10.2. The van der Waals surface area contributed by atoms with Crippen LogP contribution in [-0.4, -0.2) is 35.7 Å². The minimum atomic E-state index is -0.339. The van der Waals surface area contributed by atoms with Gasteiger partial charge in [0.1, 0.15) is 16.5 Å². The lowest BCUT2D eigenvalue weighted by Crippen LogP contribution is -2.22. The van der Waals surface area contributed by atoms with Crippen molar-refractivity contribution >= 4 is 28.8 Å². The zero-order chi connectivity index (χ0) is 22.1. The zero-order valence-electron chi connectivity index (χ0n) is 17.4. The molecule has 2 amide bonds. The molecule has 0 fully saturated rings. The number of aromatic nitrogens is 2. The highest BCUT2D eigenvalue weighted by atomic mass is 32.1. The molecule has 0 radical (unpaired) electrons. The Morgan fingerprint density at radius 2 is 1.71 bits per heavy atom. The standard InChI is InChI=1S/C22H24N4O4S/c1-3-30-18-8-4-15(5-9-18)14-23-19(27)12-13-20-25-26-22(31-20)21(28)24-16-6-10-17(29-2)11-7-16/h4-11H,3,12-14H2,1-2H3,(H,23,27)(H,24,28). The number of anilines is 1. The second kappa shape index (κ2) is 11.1. The zero-order valence-corrected chi connectivity index (χ0v) is 18.2. The molecule has 0 bridgehead atoms. The van der Waals surface area contributed by atoms with E-state index in [-0.39, 0.29) is 23.2 Å². The van der Waals surface area contributed by atoms with Gasteiger partial charge < -0.3 is 20.1 Å². The Hall–Kier alpha value is -3.46. The first kappa shape index (κ1) is 22.2. The second-order valence-electron chi connectivity index (χ2n) is 6.54. The van der Waals surface area contributed by atoms with Crippen LogP contribution in [0.1, 0.15) is 33.7 Å². The molecule has 9 heteroatoms. The molecule has 0 saturated carbocycles. The fourth-order valence-electron chi connectivity index (χ4n) is 2.68. The number of carbonyl (C=O) groups excluding carboxylic acids is 2. The van der Waals surface area contributed by atoms with Gasteiger partial charge in [-0.15, -0.1) is 10.2 Å². The van der Waals surface area contributed by atoms with Crippen molar-refractivity contribution < 1.29 is 19.1 Å². The number of methoxy groups -OCH3 is 1. The van der Waals surface area contributed by atoms with Crippen molar-refractivity contribution in [3.8, 4) is 11.5 Å². The topological polar surface area (TPSA) is 102 Å². The summed E-state index contributed by atoms with van der Waals surface area (Å²) in [6.45, 7) is 2.99. The Morgan fingerprint density at radius 3 is 2.39 bits per heavy atom. The normalized spacial score (nSPS) is 10.4. The van der Waals surface area contributed by atoms with Gasteiger partial charge in [0.2, 0.25) is 10.9 Å². The fraction of sp³-hybridized carbons (Fsp3) is 0.273. The van der Waals surface area contributed by atoms with Crippen molar-refractivity contribution in [3.63, 3.8) is 0 Å². The molecule has 0 atom stereocenters. The van der Waals surface area contributed by atoms with Gasteiger partial charge >= 0.3 is 0 Å². The highest BCUT2D eigenvalue weighted by Gasteiger charge is 2.14. The van der Waals surface area contributed by atoms with Gasteiger partial charge in [-0.05, 0) is 48.9 Å². The number of aryl methyl sites for hydroxylation is 1. The van der Waals surface area contributed by atoms with Crippen LogP contribution in [0.15, 0.2) is 48.5 Å². The van der Waals surface area contributed by atoms with E-state index in [2.05, 4.69) is 20.8 Å². The monoisotopic (exact) mass is 440 g/mol. The summed E-state index contributed by atoms with van der Waals surface area (Å²) in [5, 5.41) is 14.5. The van der Waals surface area contributed by atoms with E-state index >= 15 is 0 Å². The van der Waals surface area contributed by atoms with Gasteiger partial charge in [-0.25, -0.2) is 0 Å². The van der Waals surface area contributed by atoms with Crippen LogP contribution < -0.4 is 20.1 Å². The molecular weight excluding hydrogens is 416 g/mol. The van der Waals surface area contributed by atoms with E-state index in [1.165, 1.54) is 11.3 Å². The number of hydrogen-bond acceptors (Lipinski definition) is 7.